The molecule has 4 aromatic rings. The molecule has 0 saturated carbocycles. The number of rotatable bonds is 3. The highest BCUT2D eigenvalue weighted by molar-refractivity contribution is 6.33. The number of nitrogens with one attached hydrogen (secondary N) is 1. The van der Waals surface area contributed by atoms with E-state index in [2.05, 4.69) is 5.32 Å². The van der Waals surface area contributed by atoms with Crippen LogP contribution in [0.2, 0.25) is 5.02 Å². The fourth-order valence-electron chi connectivity index (χ4n) is 3.05. The number of anilines is 1. The Labute approximate surface area is 166 Å². The number of hydrogen-bond donors (Lipinski definition) is 1. The van der Waals surface area contributed by atoms with E-state index in [9.17, 15) is 9.59 Å². The normalized spacial score (nSPS) is 10.8. The van der Waals surface area contributed by atoms with Gasteiger partial charge in [-0.2, -0.15) is 0 Å². The van der Waals surface area contributed by atoms with Crippen molar-refractivity contribution in [2.45, 2.75) is 6.92 Å². The molecular weight excluding hydrogens is 374 g/mol. The first-order valence-electron chi connectivity index (χ1n) is 8.73. The summed E-state index contributed by atoms with van der Waals surface area (Å²) in [5.41, 5.74) is 2.87. The fraction of sp³-hybridized carbons (Fsp3) is 0.0435. The first-order valence-corrected chi connectivity index (χ1v) is 9.10. The minimum atomic E-state index is -0.227. The van der Waals surface area contributed by atoms with Gasteiger partial charge in [-0.1, -0.05) is 41.9 Å². The van der Waals surface area contributed by atoms with Crippen molar-refractivity contribution in [1.29, 1.82) is 0 Å². The van der Waals surface area contributed by atoms with E-state index in [0.717, 1.165) is 5.56 Å². The van der Waals surface area contributed by atoms with Gasteiger partial charge in [0, 0.05) is 22.9 Å². The zero-order valence-corrected chi connectivity index (χ0v) is 15.8. The maximum Gasteiger partial charge on any atom is 0.255 e. The molecule has 0 aliphatic heterocycles. The van der Waals surface area contributed by atoms with Crippen LogP contribution in [-0.4, -0.2) is 5.91 Å². The van der Waals surface area contributed by atoms with Crippen molar-refractivity contribution < 1.29 is 9.21 Å². The molecule has 28 heavy (non-hydrogen) atoms. The Morgan fingerprint density at radius 1 is 0.964 bits per heavy atom. The lowest BCUT2D eigenvalue weighted by Crippen LogP contribution is -2.13. The van der Waals surface area contributed by atoms with Gasteiger partial charge in [0.25, 0.3) is 5.91 Å². The van der Waals surface area contributed by atoms with Crippen molar-refractivity contribution in [3.8, 4) is 11.3 Å². The van der Waals surface area contributed by atoms with E-state index in [-0.39, 0.29) is 11.3 Å². The highest BCUT2D eigenvalue weighted by Crippen LogP contribution is 2.29. The molecule has 138 valence electrons. The summed E-state index contributed by atoms with van der Waals surface area (Å²) in [6.07, 6.45) is 0. The lowest BCUT2D eigenvalue weighted by atomic mass is 10.1. The number of benzene rings is 3. The molecule has 3 aromatic carbocycles. The number of hydrogen-bond acceptors (Lipinski definition) is 3. The maximum absolute atomic E-state index is 12.6. The maximum atomic E-state index is 12.6. The predicted octanol–water partition coefficient (Wildman–Crippen LogP) is 5.67. The van der Waals surface area contributed by atoms with Gasteiger partial charge in [0.1, 0.15) is 11.3 Å². The van der Waals surface area contributed by atoms with Gasteiger partial charge >= 0.3 is 0 Å². The van der Waals surface area contributed by atoms with Gasteiger partial charge in [-0.15, -0.1) is 0 Å². The molecule has 1 N–H and O–H groups in total. The molecule has 0 bridgehead atoms. The van der Waals surface area contributed by atoms with Gasteiger partial charge in [0.2, 0.25) is 0 Å². The Morgan fingerprint density at radius 3 is 2.50 bits per heavy atom. The lowest BCUT2D eigenvalue weighted by molar-refractivity contribution is 0.102. The van der Waals surface area contributed by atoms with E-state index >= 15 is 0 Å². The Morgan fingerprint density at radius 2 is 1.71 bits per heavy atom. The third-order valence-electron chi connectivity index (χ3n) is 4.51. The number of carbonyl (C=O) groups excluding carboxylic acids is 1. The second-order valence-electron chi connectivity index (χ2n) is 6.43. The number of halogens is 1. The van der Waals surface area contributed by atoms with Crippen LogP contribution < -0.4 is 10.7 Å². The molecule has 0 fully saturated rings. The standard InChI is InChI=1S/C23H16ClNO3/c1-14-6-2-3-7-16(14)23(27)25-15-10-11-21-18(12-15)20(26)13-22(28-21)17-8-4-5-9-19(17)24/h2-13H,1H3,(H,25,27). The number of carbonyl (C=O) groups is 1. The van der Waals surface area contributed by atoms with Crippen LogP contribution >= 0.6 is 11.6 Å². The van der Waals surface area contributed by atoms with Gasteiger partial charge in [0.15, 0.2) is 5.43 Å². The van der Waals surface area contributed by atoms with Gasteiger partial charge < -0.3 is 9.73 Å². The molecule has 0 unspecified atom stereocenters. The van der Waals surface area contributed by atoms with Crippen LogP contribution in [0.15, 0.2) is 82.0 Å². The fourth-order valence-corrected chi connectivity index (χ4v) is 3.28. The van der Waals surface area contributed by atoms with Crippen LogP contribution in [0, 0.1) is 6.92 Å². The average Bonchev–Trinajstić information content (AvgIpc) is 2.69. The Hall–Kier alpha value is -3.37. The molecule has 0 saturated heterocycles. The van der Waals surface area contributed by atoms with Crippen molar-refractivity contribution in [1.82, 2.24) is 0 Å². The van der Waals surface area contributed by atoms with Gasteiger partial charge in [-0.05, 0) is 48.9 Å². The third kappa shape index (κ3) is 3.42. The summed E-state index contributed by atoms with van der Waals surface area (Å²) >= 11 is 6.21. The van der Waals surface area contributed by atoms with Gasteiger partial charge in [-0.3, -0.25) is 9.59 Å². The molecule has 0 aliphatic carbocycles. The number of amides is 1. The monoisotopic (exact) mass is 389 g/mol. The van der Waals surface area contributed by atoms with E-state index in [1.54, 1.807) is 36.4 Å². The highest BCUT2D eigenvalue weighted by Gasteiger charge is 2.12. The summed E-state index contributed by atoms with van der Waals surface area (Å²) in [6, 6.07) is 20.9. The molecule has 1 amide bonds. The second kappa shape index (κ2) is 7.33. The summed E-state index contributed by atoms with van der Waals surface area (Å²) in [6.45, 7) is 1.88. The van der Waals surface area contributed by atoms with Crippen molar-refractivity contribution in [2.75, 3.05) is 5.32 Å². The zero-order chi connectivity index (χ0) is 19.7. The van der Waals surface area contributed by atoms with E-state index < -0.39 is 0 Å². The van der Waals surface area contributed by atoms with E-state index in [0.29, 0.717) is 38.6 Å². The zero-order valence-electron chi connectivity index (χ0n) is 15.0. The van der Waals surface area contributed by atoms with Crippen LogP contribution in [0.25, 0.3) is 22.3 Å². The summed E-state index contributed by atoms with van der Waals surface area (Å²) < 4.78 is 5.88. The SMILES string of the molecule is Cc1ccccc1C(=O)Nc1ccc2oc(-c3ccccc3Cl)cc(=O)c2c1. The molecule has 4 nitrogen and oxygen atoms in total. The van der Waals surface area contributed by atoms with Crippen LogP contribution in [0.3, 0.4) is 0 Å². The summed E-state index contributed by atoms with van der Waals surface area (Å²) in [7, 11) is 0. The van der Waals surface area contributed by atoms with E-state index in [1.807, 2.05) is 37.3 Å². The largest absolute Gasteiger partial charge is 0.456 e. The first-order chi connectivity index (χ1) is 13.5. The molecule has 0 atom stereocenters. The van der Waals surface area contributed by atoms with Gasteiger partial charge in [-0.25, -0.2) is 0 Å². The molecule has 0 spiro atoms. The molecular formula is C23H16ClNO3. The predicted molar refractivity (Wildman–Crippen MR) is 112 cm³/mol. The Bertz CT molecular complexity index is 1260. The lowest BCUT2D eigenvalue weighted by Gasteiger charge is -2.09. The second-order valence-corrected chi connectivity index (χ2v) is 6.84. The van der Waals surface area contributed by atoms with Crippen molar-refractivity contribution >= 4 is 34.2 Å². The van der Waals surface area contributed by atoms with Crippen LogP contribution in [0.1, 0.15) is 15.9 Å². The quantitative estimate of drug-likeness (QED) is 0.490. The molecule has 1 aromatic heterocycles. The molecule has 4 rings (SSSR count). The minimum Gasteiger partial charge on any atom is -0.456 e. The minimum absolute atomic E-state index is 0.205. The first kappa shape index (κ1) is 18.0. The number of aryl methyl sites for hydroxylation is 1. The third-order valence-corrected chi connectivity index (χ3v) is 4.84. The topological polar surface area (TPSA) is 59.3 Å². The molecule has 5 heteroatoms. The molecule has 0 aliphatic rings. The molecule has 0 radical (unpaired) electrons. The number of fused-ring (bicyclic) bond motifs is 1. The van der Waals surface area contributed by atoms with E-state index in [1.165, 1.54) is 6.07 Å². The summed E-state index contributed by atoms with van der Waals surface area (Å²) in [5.74, 6) is 0.175. The Kier molecular flexibility index (Phi) is 4.72. The highest BCUT2D eigenvalue weighted by atomic mass is 35.5. The van der Waals surface area contributed by atoms with Crippen LogP contribution in [0.4, 0.5) is 5.69 Å². The van der Waals surface area contributed by atoms with Crippen molar-refractivity contribution in [2.24, 2.45) is 0 Å². The average molecular weight is 390 g/mol. The summed E-state index contributed by atoms with van der Waals surface area (Å²) in [4.78, 5) is 25.1. The summed E-state index contributed by atoms with van der Waals surface area (Å²) in [5, 5.41) is 3.73. The van der Waals surface area contributed by atoms with Gasteiger partial charge in [0.05, 0.1) is 10.4 Å². The van der Waals surface area contributed by atoms with Crippen LogP contribution in [-0.2, 0) is 0 Å². The Balaban J connectivity index is 1.70. The van der Waals surface area contributed by atoms with E-state index in [4.69, 9.17) is 16.0 Å². The van der Waals surface area contributed by atoms with Crippen molar-refractivity contribution in [3.63, 3.8) is 0 Å². The smallest absolute Gasteiger partial charge is 0.255 e. The van der Waals surface area contributed by atoms with Crippen LogP contribution in [0.5, 0.6) is 0 Å². The van der Waals surface area contributed by atoms with Crippen molar-refractivity contribution in [3.05, 3.63) is 99.2 Å². The molecule has 1 heterocycles.